The number of aryl methyl sites for hydroxylation is 1. The number of nitrogens with one attached hydrogen (secondary N) is 1. The molecule has 2 aromatic rings. The summed E-state index contributed by atoms with van der Waals surface area (Å²) in [6, 6.07) is 5.67. The summed E-state index contributed by atoms with van der Waals surface area (Å²) in [5, 5.41) is 21.8. The van der Waals surface area contributed by atoms with Crippen molar-refractivity contribution in [3.05, 3.63) is 40.2 Å². The number of hydrogen-bond acceptors (Lipinski definition) is 6. The van der Waals surface area contributed by atoms with Crippen LogP contribution >= 0.6 is 11.6 Å². The molecule has 1 amide bonds. The first-order valence-electron chi connectivity index (χ1n) is 9.53. The molecule has 0 aromatic carbocycles. The smallest absolute Gasteiger partial charge is 0.230 e. The Hall–Kier alpha value is -2.72. The first kappa shape index (κ1) is 20.0. The summed E-state index contributed by atoms with van der Waals surface area (Å²) < 4.78 is 0. The zero-order valence-corrected chi connectivity index (χ0v) is 16.8. The summed E-state index contributed by atoms with van der Waals surface area (Å²) in [7, 11) is 0. The maximum atomic E-state index is 12.7. The molecule has 7 nitrogen and oxygen atoms in total. The monoisotopic (exact) mass is 398 g/mol. The number of anilines is 2. The molecule has 1 unspecified atom stereocenters. The van der Waals surface area contributed by atoms with Crippen LogP contribution in [0.25, 0.3) is 0 Å². The molecule has 1 saturated heterocycles. The van der Waals surface area contributed by atoms with Crippen molar-refractivity contribution in [2.24, 2.45) is 5.92 Å². The van der Waals surface area contributed by atoms with Gasteiger partial charge in [0.2, 0.25) is 5.91 Å². The van der Waals surface area contributed by atoms with E-state index >= 15 is 0 Å². The number of halogens is 1. The van der Waals surface area contributed by atoms with Crippen molar-refractivity contribution in [1.82, 2.24) is 15.2 Å². The maximum absolute atomic E-state index is 12.7. The molecule has 3 rings (SSSR count). The van der Waals surface area contributed by atoms with Gasteiger partial charge in [-0.05, 0) is 43.4 Å². The minimum Gasteiger partial charge on any atom is -0.353 e. The molecule has 2 aromatic heterocycles. The van der Waals surface area contributed by atoms with Gasteiger partial charge >= 0.3 is 0 Å². The van der Waals surface area contributed by atoms with E-state index in [0.717, 1.165) is 43.5 Å². The van der Waals surface area contributed by atoms with Crippen molar-refractivity contribution < 1.29 is 4.79 Å². The highest BCUT2D eigenvalue weighted by molar-refractivity contribution is 6.30. The molecule has 8 heteroatoms. The number of hydrogen-bond donors (Lipinski definition) is 1. The van der Waals surface area contributed by atoms with Crippen LogP contribution in [0.2, 0.25) is 5.02 Å². The first-order chi connectivity index (χ1) is 13.6. The van der Waals surface area contributed by atoms with E-state index in [4.69, 9.17) is 11.6 Å². The second kappa shape index (κ2) is 8.98. The Morgan fingerprint density at radius 3 is 2.82 bits per heavy atom. The van der Waals surface area contributed by atoms with Gasteiger partial charge in [0.15, 0.2) is 5.82 Å². The molecule has 0 bridgehead atoms. The lowest BCUT2D eigenvalue weighted by molar-refractivity contribution is -0.120. The number of carbonyl (C=O) groups is 1. The Morgan fingerprint density at radius 2 is 2.18 bits per heavy atom. The van der Waals surface area contributed by atoms with E-state index in [1.54, 1.807) is 12.1 Å². The van der Waals surface area contributed by atoms with E-state index in [2.05, 4.69) is 26.6 Å². The fourth-order valence-electron chi connectivity index (χ4n) is 3.56. The molecule has 0 saturated carbocycles. The Balaban J connectivity index is 1.79. The highest BCUT2D eigenvalue weighted by Crippen LogP contribution is 2.28. The topological polar surface area (TPSA) is 94.8 Å². The fraction of sp³-hybridized carbons (Fsp3) is 0.450. The van der Waals surface area contributed by atoms with Gasteiger partial charge in [-0.25, -0.2) is 4.98 Å². The zero-order chi connectivity index (χ0) is 20.1. The predicted molar refractivity (Wildman–Crippen MR) is 108 cm³/mol. The van der Waals surface area contributed by atoms with Crippen molar-refractivity contribution in [3.63, 3.8) is 0 Å². The molecular weight excluding hydrogens is 376 g/mol. The Labute approximate surface area is 169 Å². The molecule has 1 atom stereocenters. The van der Waals surface area contributed by atoms with Gasteiger partial charge in [0.25, 0.3) is 0 Å². The zero-order valence-electron chi connectivity index (χ0n) is 16.1. The Bertz CT molecular complexity index is 893. The fourth-order valence-corrected chi connectivity index (χ4v) is 3.67. The first-order valence-corrected chi connectivity index (χ1v) is 9.91. The van der Waals surface area contributed by atoms with E-state index < -0.39 is 0 Å². The summed E-state index contributed by atoms with van der Waals surface area (Å²) in [4.78, 5) is 18.8. The molecular formula is C20H23ClN6O. The van der Waals surface area contributed by atoms with Crippen LogP contribution in [0.3, 0.4) is 0 Å². The summed E-state index contributed by atoms with van der Waals surface area (Å²) in [5.41, 5.74) is 2.39. The standard InChI is InChI=1S/C20H23ClN6O/c1-3-15-16(10-22)19(26-25-17(15)4-2)27-9-5-6-13(12-27)20(28)24-18-8-7-14(21)11-23-18/h7-8,11,13H,3-6,9,12H2,1-2H3,(H,23,24,28). The Kier molecular flexibility index (Phi) is 6.42. The molecule has 146 valence electrons. The van der Waals surface area contributed by atoms with E-state index in [9.17, 15) is 10.1 Å². The number of rotatable bonds is 5. The van der Waals surface area contributed by atoms with Gasteiger partial charge in [-0.15, -0.1) is 5.10 Å². The maximum Gasteiger partial charge on any atom is 0.230 e. The minimum absolute atomic E-state index is 0.0908. The van der Waals surface area contributed by atoms with Crippen molar-refractivity contribution in [3.8, 4) is 6.07 Å². The summed E-state index contributed by atoms with van der Waals surface area (Å²) in [5.74, 6) is 0.755. The summed E-state index contributed by atoms with van der Waals surface area (Å²) in [6.45, 7) is 5.28. The molecule has 1 fully saturated rings. The van der Waals surface area contributed by atoms with Gasteiger partial charge in [-0.1, -0.05) is 25.4 Å². The van der Waals surface area contributed by atoms with Crippen LogP contribution < -0.4 is 10.2 Å². The highest BCUT2D eigenvalue weighted by atomic mass is 35.5. The highest BCUT2D eigenvalue weighted by Gasteiger charge is 2.29. The van der Waals surface area contributed by atoms with Crippen LogP contribution in [0.15, 0.2) is 18.3 Å². The van der Waals surface area contributed by atoms with Crippen molar-refractivity contribution in [2.45, 2.75) is 39.5 Å². The lowest BCUT2D eigenvalue weighted by atomic mass is 9.96. The van der Waals surface area contributed by atoms with E-state index in [1.165, 1.54) is 6.20 Å². The number of aromatic nitrogens is 3. The van der Waals surface area contributed by atoms with Crippen LogP contribution in [0.5, 0.6) is 0 Å². The van der Waals surface area contributed by atoms with Gasteiger partial charge in [-0.2, -0.15) is 10.4 Å². The van der Waals surface area contributed by atoms with Crippen LogP contribution in [0.1, 0.15) is 43.5 Å². The number of nitriles is 1. The number of pyridine rings is 1. The van der Waals surface area contributed by atoms with Gasteiger partial charge < -0.3 is 10.2 Å². The summed E-state index contributed by atoms with van der Waals surface area (Å²) >= 11 is 5.84. The van der Waals surface area contributed by atoms with Gasteiger partial charge in [-0.3, -0.25) is 4.79 Å². The van der Waals surface area contributed by atoms with Gasteiger partial charge in [0.1, 0.15) is 17.5 Å². The third kappa shape index (κ3) is 4.23. The second-order valence-electron chi connectivity index (χ2n) is 6.78. The average Bonchev–Trinajstić information content (AvgIpc) is 2.74. The van der Waals surface area contributed by atoms with Crippen LogP contribution in [0, 0.1) is 17.2 Å². The average molecular weight is 399 g/mol. The number of amides is 1. The molecule has 1 N–H and O–H groups in total. The number of piperidine rings is 1. The lowest BCUT2D eigenvalue weighted by Gasteiger charge is -2.33. The van der Waals surface area contributed by atoms with Crippen molar-refractivity contribution in [2.75, 3.05) is 23.3 Å². The SMILES string of the molecule is CCc1nnc(N2CCCC(C(=O)Nc3ccc(Cl)cn3)C2)c(C#N)c1CC. The quantitative estimate of drug-likeness (QED) is 0.829. The second-order valence-corrected chi connectivity index (χ2v) is 7.22. The lowest BCUT2D eigenvalue weighted by Crippen LogP contribution is -2.41. The molecule has 3 heterocycles. The molecule has 1 aliphatic heterocycles. The van der Waals surface area contributed by atoms with Crippen molar-refractivity contribution in [1.29, 1.82) is 5.26 Å². The van der Waals surface area contributed by atoms with Crippen LogP contribution in [-0.2, 0) is 17.6 Å². The van der Waals surface area contributed by atoms with Crippen LogP contribution in [-0.4, -0.2) is 34.2 Å². The Morgan fingerprint density at radius 1 is 1.36 bits per heavy atom. The molecule has 0 radical (unpaired) electrons. The van der Waals surface area contributed by atoms with Gasteiger partial charge in [0.05, 0.1) is 16.6 Å². The normalized spacial score (nSPS) is 16.5. The largest absolute Gasteiger partial charge is 0.353 e. The minimum atomic E-state index is -0.213. The van der Waals surface area contributed by atoms with Gasteiger partial charge in [0, 0.05) is 19.3 Å². The van der Waals surface area contributed by atoms with E-state index in [0.29, 0.717) is 28.8 Å². The summed E-state index contributed by atoms with van der Waals surface area (Å²) in [6.07, 6.45) is 4.59. The molecule has 1 aliphatic rings. The molecule has 0 aliphatic carbocycles. The van der Waals surface area contributed by atoms with Crippen molar-refractivity contribution >= 4 is 29.1 Å². The molecule has 0 spiro atoms. The van der Waals surface area contributed by atoms with E-state index in [-0.39, 0.29) is 11.8 Å². The van der Waals surface area contributed by atoms with E-state index in [1.807, 2.05) is 18.7 Å². The third-order valence-electron chi connectivity index (χ3n) is 5.01. The van der Waals surface area contributed by atoms with Crippen LogP contribution in [0.4, 0.5) is 11.6 Å². The number of carbonyl (C=O) groups excluding carboxylic acids is 1. The third-order valence-corrected chi connectivity index (χ3v) is 5.23. The molecule has 28 heavy (non-hydrogen) atoms. The number of nitrogens with zero attached hydrogens (tertiary/aromatic N) is 5. The predicted octanol–water partition coefficient (Wildman–Crippen LogP) is 3.38.